The van der Waals surface area contributed by atoms with Crippen LogP contribution in [0.25, 0.3) is 0 Å². The molecule has 0 N–H and O–H groups in total. The van der Waals surface area contributed by atoms with Crippen LogP contribution in [0.2, 0.25) is 0 Å². The summed E-state index contributed by atoms with van der Waals surface area (Å²) in [5, 5.41) is 0. The zero-order valence-corrected chi connectivity index (χ0v) is 14.3. The third kappa shape index (κ3) is 19.9. The van der Waals surface area contributed by atoms with Crippen molar-refractivity contribution in [2.75, 3.05) is 6.16 Å². The molecule has 98 valence electrons. The van der Waals surface area contributed by atoms with E-state index in [2.05, 4.69) is 6.92 Å². The predicted molar refractivity (Wildman–Crippen MR) is 70.1 cm³/mol. The van der Waals surface area contributed by atoms with E-state index in [1.165, 1.54) is 44.9 Å². The molecule has 0 saturated heterocycles. The first-order valence-corrected chi connectivity index (χ1v) is 8.30. The van der Waals surface area contributed by atoms with Gasteiger partial charge in [-0.15, -0.1) is 0 Å². The molecule has 0 amide bonds. The topological polar surface area (TPSA) is 63.2 Å². The van der Waals surface area contributed by atoms with Crippen molar-refractivity contribution in [3.63, 3.8) is 0 Å². The molecule has 0 aliphatic carbocycles. The smallest absolute Gasteiger partial charge is 0.811 e. The van der Waals surface area contributed by atoms with Crippen LogP contribution in [0.15, 0.2) is 0 Å². The molecule has 0 heterocycles. The summed E-state index contributed by atoms with van der Waals surface area (Å²) in [4.78, 5) is 20.7. The van der Waals surface area contributed by atoms with Gasteiger partial charge in [0.25, 0.3) is 0 Å². The fraction of sp³-hybridized carbons (Fsp3) is 1.00. The van der Waals surface area contributed by atoms with Crippen LogP contribution in [-0.2, 0) is 4.57 Å². The normalized spacial score (nSPS) is 11.2. The van der Waals surface area contributed by atoms with Crippen LogP contribution in [0, 0.1) is 0 Å². The SMILES string of the molecule is CCCCCCCCCCCCP(=O)([O-])[O-].[Ca+2]. The van der Waals surface area contributed by atoms with Crippen LogP contribution in [0.4, 0.5) is 0 Å². The van der Waals surface area contributed by atoms with Gasteiger partial charge in [0.15, 0.2) is 0 Å². The van der Waals surface area contributed by atoms with Gasteiger partial charge >= 0.3 is 37.7 Å². The van der Waals surface area contributed by atoms with Gasteiger partial charge in [-0.25, -0.2) is 0 Å². The Bertz CT molecular complexity index is 194. The van der Waals surface area contributed by atoms with E-state index >= 15 is 0 Å². The Kier molecular flexibility index (Phi) is 16.9. The average molecular weight is 288 g/mol. The van der Waals surface area contributed by atoms with Crippen molar-refractivity contribution in [1.29, 1.82) is 0 Å². The molecular weight excluding hydrogens is 263 g/mol. The molecule has 5 heteroatoms. The van der Waals surface area contributed by atoms with Crippen molar-refractivity contribution in [1.82, 2.24) is 0 Å². The molecule has 0 atom stereocenters. The standard InChI is InChI=1S/C12H27O3P.Ca/c1-2-3-4-5-6-7-8-9-10-11-12-16(13,14)15;/h2-12H2,1H3,(H2,13,14,15);/q;+2/p-2. The zero-order valence-electron chi connectivity index (χ0n) is 11.2. The van der Waals surface area contributed by atoms with Crippen molar-refractivity contribution in [3.05, 3.63) is 0 Å². The maximum atomic E-state index is 10.3. The van der Waals surface area contributed by atoms with E-state index in [-0.39, 0.29) is 43.9 Å². The third-order valence-electron chi connectivity index (χ3n) is 2.79. The largest absolute Gasteiger partial charge is 2.00 e. The Balaban J connectivity index is 0. The minimum absolute atomic E-state index is 0. The Labute approximate surface area is 136 Å². The van der Waals surface area contributed by atoms with E-state index in [9.17, 15) is 14.4 Å². The molecular formula is C12H25CaO3P. The third-order valence-corrected chi connectivity index (χ3v) is 3.65. The summed E-state index contributed by atoms with van der Waals surface area (Å²) in [5.41, 5.74) is 0. The molecule has 0 aromatic heterocycles. The minimum atomic E-state index is -4.24. The number of hydrogen-bond donors (Lipinski definition) is 0. The van der Waals surface area contributed by atoms with E-state index in [4.69, 9.17) is 0 Å². The predicted octanol–water partition coefficient (Wildman–Crippen LogP) is 2.44. The van der Waals surface area contributed by atoms with Gasteiger partial charge in [0.1, 0.15) is 0 Å². The van der Waals surface area contributed by atoms with Crippen LogP contribution in [-0.4, -0.2) is 43.9 Å². The molecule has 0 aliphatic rings. The Morgan fingerprint density at radius 2 is 1.12 bits per heavy atom. The Morgan fingerprint density at radius 1 is 0.765 bits per heavy atom. The average Bonchev–Trinajstić information content (AvgIpc) is 2.19. The Morgan fingerprint density at radius 3 is 1.47 bits per heavy atom. The van der Waals surface area contributed by atoms with Gasteiger partial charge in [-0.3, -0.25) is 0 Å². The number of hydrogen-bond acceptors (Lipinski definition) is 3. The fourth-order valence-electron chi connectivity index (χ4n) is 1.79. The van der Waals surface area contributed by atoms with Gasteiger partial charge in [0.05, 0.1) is 0 Å². The molecule has 0 aliphatic heterocycles. The van der Waals surface area contributed by atoms with Crippen LogP contribution in [0.1, 0.15) is 71.1 Å². The molecule has 0 spiro atoms. The van der Waals surface area contributed by atoms with E-state index in [0.717, 1.165) is 12.8 Å². The van der Waals surface area contributed by atoms with Gasteiger partial charge in [-0.2, -0.15) is 0 Å². The second-order valence-corrected chi connectivity index (χ2v) is 6.19. The van der Waals surface area contributed by atoms with E-state index in [1.807, 2.05) is 0 Å². The van der Waals surface area contributed by atoms with Crippen molar-refractivity contribution in [3.8, 4) is 0 Å². The van der Waals surface area contributed by atoms with Crippen LogP contribution < -0.4 is 9.79 Å². The van der Waals surface area contributed by atoms with Crippen molar-refractivity contribution in [2.24, 2.45) is 0 Å². The van der Waals surface area contributed by atoms with Gasteiger partial charge in [-0.1, -0.05) is 72.3 Å². The first-order valence-electron chi connectivity index (χ1n) is 6.57. The quantitative estimate of drug-likeness (QED) is 0.333. The van der Waals surface area contributed by atoms with Gasteiger partial charge in [-0.05, 0) is 12.6 Å². The zero-order chi connectivity index (χ0) is 12.3. The van der Waals surface area contributed by atoms with Crippen LogP contribution >= 0.6 is 7.60 Å². The Hall–Kier alpha value is 1.41. The summed E-state index contributed by atoms with van der Waals surface area (Å²) in [6.45, 7) is 2.21. The van der Waals surface area contributed by atoms with E-state index < -0.39 is 7.60 Å². The first kappa shape index (κ1) is 20.7. The van der Waals surface area contributed by atoms with Crippen LogP contribution in [0.5, 0.6) is 0 Å². The van der Waals surface area contributed by atoms with Gasteiger partial charge in [0, 0.05) is 0 Å². The van der Waals surface area contributed by atoms with Crippen LogP contribution in [0.3, 0.4) is 0 Å². The van der Waals surface area contributed by atoms with E-state index in [1.54, 1.807) is 0 Å². The molecule has 0 aromatic rings. The summed E-state index contributed by atoms with van der Waals surface area (Å²) >= 11 is 0. The summed E-state index contributed by atoms with van der Waals surface area (Å²) < 4.78 is 10.3. The second kappa shape index (κ2) is 13.8. The monoisotopic (exact) mass is 288 g/mol. The number of unbranched alkanes of at least 4 members (excludes halogenated alkanes) is 9. The molecule has 17 heavy (non-hydrogen) atoms. The van der Waals surface area contributed by atoms with Crippen molar-refractivity contribution in [2.45, 2.75) is 71.1 Å². The molecule has 0 rings (SSSR count). The van der Waals surface area contributed by atoms with Gasteiger partial charge < -0.3 is 14.4 Å². The summed E-state index contributed by atoms with van der Waals surface area (Å²) in [7, 11) is -4.24. The fourth-order valence-corrected chi connectivity index (χ4v) is 2.40. The minimum Gasteiger partial charge on any atom is -0.811 e. The summed E-state index contributed by atoms with van der Waals surface area (Å²) in [6.07, 6.45) is 11.3. The molecule has 0 fully saturated rings. The summed E-state index contributed by atoms with van der Waals surface area (Å²) in [6, 6.07) is 0. The van der Waals surface area contributed by atoms with Crippen molar-refractivity contribution >= 4 is 45.3 Å². The summed E-state index contributed by atoms with van der Waals surface area (Å²) in [5.74, 6) is 0. The molecule has 0 aromatic carbocycles. The first-order chi connectivity index (χ1) is 7.56. The molecule has 0 bridgehead atoms. The molecule has 0 radical (unpaired) electrons. The molecule has 3 nitrogen and oxygen atoms in total. The van der Waals surface area contributed by atoms with Gasteiger partial charge in [0.2, 0.25) is 0 Å². The molecule has 0 unspecified atom stereocenters. The number of rotatable bonds is 11. The maximum absolute atomic E-state index is 10.3. The van der Waals surface area contributed by atoms with Crippen molar-refractivity contribution < 1.29 is 14.4 Å². The van der Waals surface area contributed by atoms with E-state index in [0.29, 0.717) is 6.42 Å². The second-order valence-electron chi connectivity index (χ2n) is 4.52. The molecule has 0 saturated carbocycles. The maximum Gasteiger partial charge on any atom is 2.00 e.